The SMILES string of the molecule is NCC#Cc1ccc(C(=O)NCC(C2CC2)C2CC2)cc1. The Morgan fingerprint density at radius 2 is 1.81 bits per heavy atom. The maximum absolute atomic E-state index is 12.2. The van der Waals surface area contributed by atoms with Crippen molar-refractivity contribution in [1.82, 2.24) is 5.32 Å². The van der Waals surface area contributed by atoms with Crippen molar-refractivity contribution >= 4 is 5.91 Å². The molecule has 2 saturated carbocycles. The minimum absolute atomic E-state index is 0.0274. The maximum Gasteiger partial charge on any atom is 0.251 e. The first-order chi connectivity index (χ1) is 10.3. The average Bonchev–Trinajstić information content (AvgIpc) is 3.38. The van der Waals surface area contributed by atoms with E-state index in [1.807, 2.05) is 24.3 Å². The number of nitrogens with one attached hydrogen (secondary N) is 1. The Hall–Kier alpha value is -1.79. The molecular weight excluding hydrogens is 260 g/mol. The van der Waals surface area contributed by atoms with Crippen LogP contribution >= 0.6 is 0 Å². The van der Waals surface area contributed by atoms with Gasteiger partial charge in [-0.25, -0.2) is 0 Å². The first kappa shape index (κ1) is 14.2. The van der Waals surface area contributed by atoms with Crippen molar-refractivity contribution < 1.29 is 4.79 Å². The van der Waals surface area contributed by atoms with Gasteiger partial charge in [-0.2, -0.15) is 0 Å². The van der Waals surface area contributed by atoms with Crippen molar-refractivity contribution in [2.45, 2.75) is 25.7 Å². The van der Waals surface area contributed by atoms with Gasteiger partial charge in [0.15, 0.2) is 0 Å². The Balaban J connectivity index is 1.54. The highest BCUT2D eigenvalue weighted by Gasteiger charge is 2.41. The van der Waals surface area contributed by atoms with Gasteiger partial charge < -0.3 is 11.1 Å². The highest BCUT2D eigenvalue weighted by Crippen LogP contribution is 2.48. The third-order valence-electron chi connectivity index (χ3n) is 4.44. The summed E-state index contributed by atoms with van der Waals surface area (Å²) in [5.74, 6) is 8.24. The molecule has 0 aliphatic heterocycles. The van der Waals surface area contributed by atoms with E-state index in [9.17, 15) is 4.79 Å². The summed E-state index contributed by atoms with van der Waals surface area (Å²) in [4.78, 5) is 12.2. The van der Waals surface area contributed by atoms with Crippen molar-refractivity contribution in [3.05, 3.63) is 35.4 Å². The number of carbonyl (C=O) groups is 1. The van der Waals surface area contributed by atoms with Crippen LogP contribution in [0.15, 0.2) is 24.3 Å². The van der Waals surface area contributed by atoms with Gasteiger partial charge >= 0.3 is 0 Å². The number of hydrogen-bond acceptors (Lipinski definition) is 2. The van der Waals surface area contributed by atoms with Crippen molar-refractivity contribution in [2.75, 3.05) is 13.1 Å². The van der Waals surface area contributed by atoms with E-state index in [1.165, 1.54) is 25.7 Å². The number of nitrogens with two attached hydrogens (primary N) is 1. The summed E-state index contributed by atoms with van der Waals surface area (Å²) in [7, 11) is 0. The Bertz CT molecular complexity index is 547. The lowest BCUT2D eigenvalue weighted by Gasteiger charge is -2.16. The van der Waals surface area contributed by atoms with Gasteiger partial charge in [0.05, 0.1) is 6.54 Å². The Labute approximate surface area is 126 Å². The van der Waals surface area contributed by atoms with Crippen LogP contribution in [-0.4, -0.2) is 19.0 Å². The van der Waals surface area contributed by atoms with Crippen LogP contribution in [-0.2, 0) is 0 Å². The zero-order chi connectivity index (χ0) is 14.7. The first-order valence-corrected chi connectivity index (χ1v) is 7.85. The van der Waals surface area contributed by atoms with Crippen LogP contribution in [0.5, 0.6) is 0 Å². The molecule has 1 aromatic carbocycles. The molecule has 0 radical (unpaired) electrons. The molecule has 3 heteroatoms. The van der Waals surface area contributed by atoms with Gasteiger partial charge in [-0.1, -0.05) is 11.8 Å². The third kappa shape index (κ3) is 3.86. The normalized spacial score (nSPS) is 17.2. The molecule has 0 spiro atoms. The molecule has 110 valence electrons. The summed E-state index contributed by atoms with van der Waals surface area (Å²) in [5, 5.41) is 3.11. The lowest BCUT2D eigenvalue weighted by Crippen LogP contribution is -2.31. The molecule has 0 saturated heterocycles. The molecule has 3 nitrogen and oxygen atoms in total. The minimum Gasteiger partial charge on any atom is -0.352 e. The van der Waals surface area contributed by atoms with E-state index in [0.717, 1.165) is 23.9 Å². The number of carbonyl (C=O) groups excluding carboxylic acids is 1. The molecule has 0 bridgehead atoms. The standard InChI is InChI=1S/C18H22N2O/c19-11-1-2-13-3-5-16(6-4-13)18(21)20-12-17(14-7-8-14)15-9-10-15/h3-6,14-15,17H,7-12,19H2,(H,20,21). The average molecular weight is 282 g/mol. The second kappa shape index (κ2) is 6.32. The largest absolute Gasteiger partial charge is 0.352 e. The van der Waals surface area contributed by atoms with Crippen LogP contribution in [0.25, 0.3) is 0 Å². The Morgan fingerprint density at radius 1 is 1.19 bits per heavy atom. The highest BCUT2D eigenvalue weighted by atomic mass is 16.1. The van der Waals surface area contributed by atoms with E-state index in [1.54, 1.807) is 0 Å². The van der Waals surface area contributed by atoms with E-state index in [4.69, 9.17) is 5.73 Å². The van der Waals surface area contributed by atoms with Crippen molar-refractivity contribution in [3.8, 4) is 11.8 Å². The summed E-state index contributed by atoms with van der Waals surface area (Å²) in [6, 6.07) is 7.41. The molecular formula is C18H22N2O. The number of benzene rings is 1. The Morgan fingerprint density at radius 3 is 2.33 bits per heavy atom. The third-order valence-corrected chi connectivity index (χ3v) is 4.44. The molecule has 0 heterocycles. The van der Waals surface area contributed by atoms with E-state index in [-0.39, 0.29) is 5.91 Å². The number of rotatable bonds is 5. The first-order valence-electron chi connectivity index (χ1n) is 7.85. The molecule has 0 atom stereocenters. The van der Waals surface area contributed by atoms with Crippen LogP contribution in [0.4, 0.5) is 0 Å². The topological polar surface area (TPSA) is 55.1 Å². The van der Waals surface area contributed by atoms with Gasteiger partial charge in [0.25, 0.3) is 5.91 Å². The second-order valence-electron chi connectivity index (χ2n) is 6.13. The molecule has 21 heavy (non-hydrogen) atoms. The van der Waals surface area contributed by atoms with Gasteiger partial charge in [0.1, 0.15) is 0 Å². The minimum atomic E-state index is 0.0274. The van der Waals surface area contributed by atoms with Gasteiger partial charge in [-0.05, 0) is 67.7 Å². The summed E-state index contributed by atoms with van der Waals surface area (Å²) >= 11 is 0. The molecule has 0 unspecified atom stereocenters. The fourth-order valence-corrected chi connectivity index (χ4v) is 2.94. The summed E-state index contributed by atoms with van der Waals surface area (Å²) in [6.45, 7) is 1.19. The van der Waals surface area contributed by atoms with Crippen molar-refractivity contribution in [2.24, 2.45) is 23.5 Å². The molecule has 0 aromatic heterocycles. The summed E-state index contributed by atoms with van der Waals surface area (Å²) < 4.78 is 0. The van der Waals surface area contributed by atoms with Crippen LogP contribution in [0.3, 0.4) is 0 Å². The number of amides is 1. The van der Waals surface area contributed by atoms with E-state index in [2.05, 4.69) is 17.2 Å². The van der Waals surface area contributed by atoms with Gasteiger partial charge in [-0.3, -0.25) is 4.79 Å². The molecule has 2 aliphatic carbocycles. The zero-order valence-electron chi connectivity index (χ0n) is 12.3. The quantitative estimate of drug-likeness (QED) is 0.813. The van der Waals surface area contributed by atoms with Crippen molar-refractivity contribution in [3.63, 3.8) is 0 Å². The smallest absolute Gasteiger partial charge is 0.251 e. The molecule has 2 fully saturated rings. The molecule has 1 aromatic rings. The van der Waals surface area contributed by atoms with Crippen LogP contribution < -0.4 is 11.1 Å². The van der Waals surface area contributed by atoms with Crippen LogP contribution in [0, 0.1) is 29.6 Å². The van der Waals surface area contributed by atoms with Crippen LogP contribution in [0.2, 0.25) is 0 Å². The maximum atomic E-state index is 12.2. The monoisotopic (exact) mass is 282 g/mol. The predicted octanol–water partition coefficient (Wildman–Crippen LogP) is 2.16. The molecule has 3 N–H and O–H groups in total. The fraction of sp³-hybridized carbons (Fsp3) is 0.500. The fourth-order valence-electron chi connectivity index (χ4n) is 2.94. The predicted molar refractivity (Wildman–Crippen MR) is 83.6 cm³/mol. The van der Waals surface area contributed by atoms with Crippen LogP contribution in [0.1, 0.15) is 41.6 Å². The van der Waals surface area contributed by atoms with Crippen molar-refractivity contribution in [1.29, 1.82) is 0 Å². The highest BCUT2D eigenvalue weighted by molar-refractivity contribution is 5.94. The van der Waals surface area contributed by atoms with Gasteiger partial charge in [0.2, 0.25) is 0 Å². The van der Waals surface area contributed by atoms with E-state index < -0.39 is 0 Å². The van der Waals surface area contributed by atoms with E-state index in [0.29, 0.717) is 18.0 Å². The molecule has 2 aliphatic rings. The zero-order valence-corrected chi connectivity index (χ0v) is 12.3. The Kier molecular flexibility index (Phi) is 4.26. The lowest BCUT2D eigenvalue weighted by atomic mass is 9.98. The lowest BCUT2D eigenvalue weighted by molar-refractivity contribution is 0.0943. The van der Waals surface area contributed by atoms with E-state index >= 15 is 0 Å². The molecule has 3 rings (SSSR count). The van der Waals surface area contributed by atoms with Gasteiger partial charge in [-0.15, -0.1) is 0 Å². The number of hydrogen-bond donors (Lipinski definition) is 2. The summed E-state index contributed by atoms with van der Waals surface area (Å²) in [6.07, 6.45) is 5.41. The summed E-state index contributed by atoms with van der Waals surface area (Å²) in [5.41, 5.74) is 6.94. The van der Waals surface area contributed by atoms with Gasteiger partial charge in [0, 0.05) is 17.7 Å². The molecule has 1 amide bonds. The second-order valence-corrected chi connectivity index (χ2v) is 6.13.